The van der Waals surface area contributed by atoms with Gasteiger partial charge in [0.2, 0.25) is 0 Å². The molecule has 1 fully saturated rings. The van der Waals surface area contributed by atoms with E-state index in [1.54, 1.807) is 0 Å². The highest BCUT2D eigenvalue weighted by Crippen LogP contribution is 2.07. The standard InChI is InChI=1S/C11H18N3/c1-2-7-13(8-3-1)9-5-11-14-10-4-6-12-14/h1,4,6,10H,2-3,5,7-9,11H2. The Labute approximate surface area is 85.7 Å². The third-order valence-corrected chi connectivity index (χ3v) is 2.72. The van der Waals surface area contributed by atoms with E-state index in [0.29, 0.717) is 0 Å². The van der Waals surface area contributed by atoms with Gasteiger partial charge in [0.1, 0.15) is 0 Å². The summed E-state index contributed by atoms with van der Waals surface area (Å²) in [5.74, 6) is 0. The highest BCUT2D eigenvalue weighted by molar-refractivity contribution is 4.78. The fourth-order valence-corrected chi connectivity index (χ4v) is 1.92. The summed E-state index contributed by atoms with van der Waals surface area (Å²) in [6.07, 6.45) is 10.0. The molecular weight excluding hydrogens is 174 g/mol. The van der Waals surface area contributed by atoms with Gasteiger partial charge in [-0.2, -0.15) is 5.10 Å². The number of likely N-dealkylation sites (tertiary alicyclic amines) is 1. The van der Waals surface area contributed by atoms with E-state index in [2.05, 4.69) is 16.4 Å². The maximum Gasteiger partial charge on any atom is 0.0489 e. The van der Waals surface area contributed by atoms with Crippen molar-refractivity contribution in [3.05, 3.63) is 24.9 Å². The molecule has 0 saturated carbocycles. The number of hydrogen-bond acceptors (Lipinski definition) is 2. The van der Waals surface area contributed by atoms with Crippen LogP contribution in [0.5, 0.6) is 0 Å². The average molecular weight is 192 g/mol. The Balaban J connectivity index is 1.62. The fourth-order valence-electron chi connectivity index (χ4n) is 1.92. The molecule has 0 bridgehead atoms. The van der Waals surface area contributed by atoms with Crippen molar-refractivity contribution in [1.29, 1.82) is 0 Å². The smallest absolute Gasteiger partial charge is 0.0489 e. The summed E-state index contributed by atoms with van der Waals surface area (Å²) in [6.45, 7) is 4.76. The van der Waals surface area contributed by atoms with Gasteiger partial charge in [-0.1, -0.05) is 0 Å². The summed E-state index contributed by atoms with van der Waals surface area (Å²) in [6, 6.07) is 1.98. The first-order valence-corrected chi connectivity index (χ1v) is 5.46. The van der Waals surface area contributed by atoms with Crippen molar-refractivity contribution in [3.63, 3.8) is 0 Å². The maximum absolute atomic E-state index is 4.19. The molecule has 1 saturated heterocycles. The lowest BCUT2D eigenvalue weighted by atomic mass is 10.1. The predicted octanol–water partition coefficient (Wildman–Crippen LogP) is 1.57. The first kappa shape index (κ1) is 9.71. The molecule has 0 spiro atoms. The van der Waals surface area contributed by atoms with Gasteiger partial charge < -0.3 is 4.90 Å². The van der Waals surface area contributed by atoms with Gasteiger partial charge in [0, 0.05) is 18.9 Å². The molecule has 0 amide bonds. The second kappa shape index (κ2) is 5.15. The Morgan fingerprint density at radius 2 is 2.00 bits per heavy atom. The van der Waals surface area contributed by atoms with Crippen molar-refractivity contribution >= 4 is 0 Å². The number of nitrogens with zero attached hydrogens (tertiary/aromatic N) is 3. The van der Waals surface area contributed by atoms with Crippen molar-refractivity contribution in [2.75, 3.05) is 19.6 Å². The molecule has 2 heterocycles. The highest BCUT2D eigenvalue weighted by Gasteiger charge is 2.08. The van der Waals surface area contributed by atoms with Crippen molar-refractivity contribution in [3.8, 4) is 0 Å². The van der Waals surface area contributed by atoms with E-state index in [1.165, 1.54) is 38.9 Å². The van der Waals surface area contributed by atoms with Gasteiger partial charge in [-0.25, -0.2) is 0 Å². The van der Waals surface area contributed by atoms with Gasteiger partial charge in [0.05, 0.1) is 0 Å². The quantitative estimate of drug-likeness (QED) is 0.722. The van der Waals surface area contributed by atoms with Crippen LogP contribution in [0.2, 0.25) is 0 Å². The molecule has 1 radical (unpaired) electrons. The minimum Gasteiger partial charge on any atom is -0.303 e. The zero-order valence-electron chi connectivity index (χ0n) is 8.60. The van der Waals surface area contributed by atoms with Crippen molar-refractivity contribution in [2.45, 2.75) is 25.8 Å². The fraction of sp³-hybridized carbons (Fsp3) is 0.636. The molecule has 0 aromatic carbocycles. The van der Waals surface area contributed by atoms with Crippen LogP contribution < -0.4 is 0 Å². The number of hydrogen-bond donors (Lipinski definition) is 0. The summed E-state index contributed by atoms with van der Waals surface area (Å²) in [4.78, 5) is 2.55. The summed E-state index contributed by atoms with van der Waals surface area (Å²) in [7, 11) is 0. The summed E-state index contributed by atoms with van der Waals surface area (Å²) < 4.78 is 2.01. The van der Waals surface area contributed by atoms with E-state index >= 15 is 0 Å². The van der Waals surface area contributed by atoms with Crippen molar-refractivity contribution in [2.24, 2.45) is 0 Å². The van der Waals surface area contributed by atoms with Crippen LogP contribution in [0.1, 0.15) is 19.3 Å². The molecule has 77 valence electrons. The first-order valence-electron chi connectivity index (χ1n) is 5.46. The van der Waals surface area contributed by atoms with E-state index in [9.17, 15) is 0 Å². The zero-order valence-corrected chi connectivity index (χ0v) is 8.60. The molecule has 1 aliphatic rings. The molecule has 1 aromatic heterocycles. The molecule has 2 rings (SSSR count). The Bertz CT molecular complexity index is 237. The Hall–Kier alpha value is -0.830. The van der Waals surface area contributed by atoms with E-state index in [0.717, 1.165) is 6.54 Å². The number of rotatable bonds is 4. The molecule has 0 aliphatic carbocycles. The predicted molar refractivity (Wildman–Crippen MR) is 56.8 cm³/mol. The molecular formula is C11H18N3. The van der Waals surface area contributed by atoms with Crippen LogP contribution in [-0.4, -0.2) is 34.3 Å². The summed E-state index contributed by atoms with van der Waals surface area (Å²) >= 11 is 0. The lowest BCUT2D eigenvalue weighted by Crippen LogP contribution is -2.31. The molecule has 0 unspecified atom stereocenters. The Morgan fingerprint density at radius 1 is 1.14 bits per heavy atom. The second-order valence-corrected chi connectivity index (χ2v) is 3.83. The minimum absolute atomic E-state index is 1.05. The third-order valence-electron chi connectivity index (χ3n) is 2.72. The largest absolute Gasteiger partial charge is 0.303 e. The Kier molecular flexibility index (Phi) is 3.57. The minimum atomic E-state index is 1.05. The topological polar surface area (TPSA) is 21.1 Å². The average Bonchev–Trinajstić information content (AvgIpc) is 2.72. The molecule has 3 heteroatoms. The number of aromatic nitrogens is 2. The van der Waals surface area contributed by atoms with E-state index in [1.807, 2.05) is 23.1 Å². The summed E-state index contributed by atoms with van der Waals surface area (Å²) in [5.41, 5.74) is 0. The number of piperidine rings is 1. The lowest BCUT2D eigenvalue weighted by molar-refractivity contribution is 0.245. The van der Waals surface area contributed by atoms with Crippen LogP contribution in [-0.2, 0) is 6.54 Å². The summed E-state index contributed by atoms with van der Waals surface area (Å²) in [5, 5.41) is 4.19. The molecule has 1 aliphatic heterocycles. The Morgan fingerprint density at radius 3 is 2.71 bits per heavy atom. The van der Waals surface area contributed by atoms with Gasteiger partial charge >= 0.3 is 0 Å². The third kappa shape index (κ3) is 2.84. The molecule has 0 atom stereocenters. The van der Waals surface area contributed by atoms with Crippen LogP contribution in [0, 0.1) is 6.42 Å². The van der Waals surface area contributed by atoms with E-state index < -0.39 is 0 Å². The van der Waals surface area contributed by atoms with E-state index in [4.69, 9.17) is 0 Å². The lowest BCUT2D eigenvalue weighted by Gasteiger charge is -2.25. The van der Waals surface area contributed by atoms with Crippen LogP contribution in [0.15, 0.2) is 18.5 Å². The molecule has 14 heavy (non-hydrogen) atoms. The van der Waals surface area contributed by atoms with Crippen LogP contribution >= 0.6 is 0 Å². The monoisotopic (exact) mass is 192 g/mol. The number of aryl methyl sites for hydroxylation is 1. The normalized spacial score (nSPS) is 18.6. The van der Waals surface area contributed by atoms with E-state index in [-0.39, 0.29) is 0 Å². The van der Waals surface area contributed by atoms with Crippen LogP contribution in [0.4, 0.5) is 0 Å². The molecule has 3 nitrogen and oxygen atoms in total. The SMILES string of the molecule is [CH]1CCN(CCCn2cccn2)CC1. The zero-order chi connectivity index (χ0) is 9.64. The first-order chi connectivity index (χ1) is 6.95. The molecule has 0 N–H and O–H groups in total. The van der Waals surface area contributed by atoms with Gasteiger partial charge in [-0.15, -0.1) is 0 Å². The van der Waals surface area contributed by atoms with Crippen molar-refractivity contribution < 1.29 is 0 Å². The molecule has 1 aromatic rings. The highest BCUT2D eigenvalue weighted by atomic mass is 15.3. The van der Waals surface area contributed by atoms with Gasteiger partial charge in [0.25, 0.3) is 0 Å². The van der Waals surface area contributed by atoms with Gasteiger partial charge in [-0.3, -0.25) is 4.68 Å². The maximum atomic E-state index is 4.19. The van der Waals surface area contributed by atoms with Crippen LogP contribution in [0.3, 0.4) is 0 Å². The second-order valence-electron chi connectivity index (χ2n) is 3.83. The van der Waals surface area contributed by atoms with Gasteiger partial charge in [-0.05, 0) is 51.4 Å². The van der Waals surface area contributed by atoms with Gasteiger partial charge in [0.15, 0.2) is 0 Å². The van der Waals surface area contributed by atoms with Crippen LogP contribution in [0.25, 0.3) is 0 Å². The van der Waals surface area contributed by atoms with Crippen molar-refractivity contribution in [1.82, 2.24) is 14.7 Å².